The van der Waals surface area contributed by atoms with Crippen molar-refractivity contribution in [1.29, 1.82) is 0 Å². The van der Waals surface area contributed by atoms with Crippen molar-refractivity contribution in [2.45, 2.75) is 27.1 Å². The lowest BCUT2D eigenvalue weighted by Gasteiger charge is -2.04. The van der Waals surface area contributed by atoms with Gasteiger partial charge < -0.3 is 9.47 Å². The Bertz CT molecular complexity index is 324. The molecule has 4 heteroatoms. The molecule has 1 aliphatic heterocycles. The average Bonchev–Trinajstić information content (AvgIpc) is 2.45. The van der Waals surface area contributed by atoms with Crippen LogP contribution in [-0.2, 0) is 0 Å². The second-order valence-corrected chi connectivity index (χ2v) is 2.57. The van der Waals surface area contributed by atoms with Gasteiger partial charge in [-0.05, 0) is 18.6 Å². The lowest BCUT2D eigenvalue weighted by Crippen LogP contribution is -2.26. The lowest BCUT2D eigenvalue weighted by molar-refractivity contribution is -0.286. The van der Waals surface area contributed by atoms with E-state index in [2.05, 4.69) is 9.47 Å². The average molecular weight is 202 g/mol. The summed E-state index contributed by atoms with van der Waals surface area (Å²) in [6.45, 7) is 5.68. The number of ether oxygens (including phenoxy) is 2. The molecule has 0 amide bonds. The zero-order chi connectivity index (χ0) is 10.8. The number of fused-ring (bicyclic) bond motifs is 1. The Balaban J connectivity index is 0.000000461. The second-order valence-electron chi connectivity index (χ2n) is 2.57. The summed E-state index contributed by atoms with van der Waals surface area (Å²) < 4.78 is 33.4. The normalized spacial score (nSPS) is 15.8. The smallest absolute Gasteiger partial charge is 0.395 e. The summed E-state index contributed by atoms with van der Waals surface area (Å²) in [5, 5.41) is 0. The topological polar surface area (TPSA) is 18.5 Å². The Morgan fingerprint density at radius 2 is 1.79 bits per heavy atom. The van der Waals surface area contributed by atoms with E-state index < -0.39 is 6.29 Å². The standard InChI is InChI=1S/C8H6F2O2.C2H6/c1-5-3-2-4-6-7(5)12-8(9,10)11-6;1-2/h2-4H,1H3;1-2H3. The van der Waals surface area contributed by atoms with Crippen LogP contribution in [0.4, 0.5) is 8.78 Å². The van der Waals surface area contributed by atoms with E-state index in [0.29, 0.717) is 5.56 Å². The number of aryl methyl sites for hydroxylation is 1. The molecule has 1 aromatic rings. The van der Waals surface area contributed by atoms with Crippen molar-refractivity contribution in [1.82, 2.24) is 0 Å². The minimum atomic E-state index is -3.51. The van der Waals surface area contributed by atoms with E-state index in [4.69, 9.17) is 0 Å². The van der Waals surface area contributed by atoms with Crippen LogP contribution in [0.3, 0.4) is 0 Å². The quantitative estimate of drug-likeness (QED) is 0.642. The fraction of sp³-hybridized carbons (Fsp3) is 0.400. The van der Waals surface area contributed by atoms with Gasteiger partial charge >= 0.3 is 6.29 Å². The van der Waals surface area contributed by atoms with E-state index in [0.717, 1.165) is 0 Å². The number of para-hydroxylation sites is 1. The highest BCUT2D eigenvalue weighted by Gasteiger charge is 2.43. The zero-order valence-corrected chi connectivity index (χ0v) is 8.30. The second kappa shape index (κ2) is 3.82. The summed E-state index contributed by atoms with van der Waals surface area (Å²) in [6.07, 6.45) is -3.51. The number of rotatable bonds is 0. The number of halogens is 2. The highest BCUT2D eigenvalue weighted by molar-refractivity contribution is 5.47. The van der Waals surface area contributed by atoms with Crippen molar-refractivity contribution >= 4 is 0 Å². The predicted molar refractivity (Wildman–Crippen MR) is 48.7 cm³/mol. The number of benzene rings is 1. The van der Waals surface area contributed by atoms with Gasteiger partial charge in [0.2, 0.25) is 0 Å². The first-order valence-corrected chi connectivity index (χ1v) is 4.44. The van der Waals surface area contributed by atoms with Crippen LogP contribution in [0.1, 0.15) is 19.4 Å². The third-order valence-corrected chi connectivity index (χ3v) is 1.63. The first-order chi connectivity index (χ1) is 6.58. The Hall–Kier alpha value is -1.32. The maximum absolute atomic E-state index is 12.5. The van der Waals surface area contributed by atoms with Crippen molar-refractivity contribution in [2.75, 3.05) is 0 Å². The number of alkyl halides is 2. The lowest BCUT2D eigenvalue weighted by atomic mass is 10.2. The molecule has 0 unspecified atom stereocenters. The fourth-order valence-corrected chi connectivity index (χ4v) is 1.10. The Morgan fingerprint density at radius 3 is 2.36 bits per heavy atom. The predicted octanol–water partition coefficient (Wildman–Crippen LogP) is 3.34. The molecule has 0 saturated heterocycles. The molecule has 0 fully saturated rings. The van der Waals surface area contributed by atoms with Crippen LogP contribution in [0.5, 0.6) is 11.5 Å². The van der Waals surface area contributed by atoms with Gasteiger partial charge in [0.05, 0.1) is 0 Å². The molecular formula is C10H12F2O2. The first-order valence-electron chi connectivity index (χ1n) is 4.44. The minimum Gasteiger partial charge on any atom is -0.395 e. The van der Waals surface area contributed by atoms with Crippen LogP contribution in [0.15, 0.2) is 18.2 Å². The van der Waals surface area contributed by atoms with Crippen LogP contribution < -0.4 is 9.47 Å². The molecule has 1 heterocycles. The van der Waals surface area contributed by atoms with Crippen LogP contribution in [0, 0.1) is 6.92 Å². The molecule has 0 radical (unpaired) electrons. The first kappa shape index (κ1) is 10.8. The van der Waals surface area contributed by atoms with Crippen molar-refractivity contribution in [3.05, 3.63) is 23.8 Å². The minimum absolute atomic E-state index is 0.0972. The van der Waals surface area contributed by atoms with Gasteiger partial charge in [-0.3, -0.25) is 0 Å². The Morgan fingerprint density at radius 1 is 1.14 bits per heavy atom. The number of hydrogen-bond acceptors (Lipinski definition) is 2. The van der Waals surface area contributed by atoms with Crippen LogP contribution in [-0.4, -0.2) is 6.29 Å². The molecule has 0 atom stereocenters. The van der Waals surface area contributed by atoms with Crippen LogP contribution in [0.25, 0.3) is 0 Å². The molecule has 0 aliphatic carbocycles. The summed E-state index contributed by atoms with van der Waals surface area (Å²) >= 11 is 0. The Kier molecular flexibility index (Phi) is 2.93. The van der Waals surface area contributed by atoms with E-state index in [1.54, 1.807) is 19.1 Å². The summed E-state index contributed by atoms with van der Waals surface area (Å²) in [6, 6.07) is 4.77. The maximum Gasteiger partial charge on any atom is 0.586 e. The fourth-order valence-electron chi connectivity index (χ4n) is 1.10. The molecule has 0 N–H and O–H groups in total. The summed E-state index contributed by atoms with van der Waals surface area (Å²) in [5.41, 5.74) is 0.643. The third kappa shape index (κ3) is 1.95. The van der Waals surface area contributed by atoms with Gasteiger partial charge in [0.1, 0.15) is 0 Å². The van der Waals surface area contributed by atoms with Crippen molar-refractivity contribution in [2.24, 2.45) is 0 Å². The zero-order valence-electron chi connectivity index (χ0n) is 8.30. The molecule has 2 rings (SSSR count). The van der Waals surface area contributed by atoms with Crippen molar-refractivity contribution in [3.63, 3.8) is 0 Å². The number of hydrogen-bond donors (Lipinski definition) is 0. The Labute approximate surface area is 81.4 Å². The highest BCUT2D eigenvalue weighted by atomic mass is 19.3. The molecular weight excluding hydrogens is 190 g/mol. The molecule has 0 spiro atoms. The molecule has 2 nitrogen and oxygen atoms in total. The van der Waals surface area contributed by atoms with Gasteiger partial charge in [0, 0.05) is 0 Å². The van der Waals surface area contributed by atoms with Gasteiger partial charge in [-0.25, -0.2) is 0 Å². The van der Waals surface area contributed by atoms with E-state index >= 15 is 0 Å². The molecule has 0 saturated carbocycles. The van der Waals surface area contributed by atoms with Gasteiger partial charge in [-0.2, -0.15) is 0 Å². The summed E-state index contributed by atoms with van der Waals surface area (Å²) in [4.78, 5) is 0. The summed E-state index contributed by atoms with van der Waals surface area (Å²) in [5.74, 6) is 0.225. The molecule has 1 aromatic carbocycles. The molecule has 0 aromatic heterocycles. The summed E-state index contributed by atoms with van der Waals surface area (Å²) in [7, 11) is 0. The van der Waals surface area contributed by atoms with Gasteiger partial charge in [0.15, 0.2) is 11.5 Å². The van der Waals surface area contributed by atoms with Crippen molar-refractivity contribution in [3.8, 4) is 11.5 Å². The van der Waals surface area contributed by atoms with E-state index in [1.165, 1.54) is 6.07 Å². The monoisotopic (exact) mass is 202 g/mol. The van der Waals surface area contributed by atoms with Gasteiger partial charge in [0.25, 0.3) is 0 Å². The molecule has 78 valence electrons. The van der Waals surface area contributed by atoms with Gasteiger partial charge in [-0.15, -0.1) is 8.78 Å². The molecule has 14 heavy (non-hydrogen) atoms. The van der Waals surface area contributed by atoms with Crippen molar-refractivity contribution < 1.29 is 18.3 Å². The van der Waals surface area contributed by atoms with E-state index in [1.807, 2.05) is 13.8 Å². The van der Waals surface area contributed by atoms with E-state index in [9.17, 15) is 8.78 Å². The highest BCUT2D eigenvalue weighted by Crippen LogP contribution is 2.42. The maximum atomic E-state index is 12.5. The SMILES string of the molecule is CC.Cc1cccc2c1OC(F)(F)O2. The van der Waals surface area contributed by atoms with Gasteiger partial charge in [-0.1, -0.05) is 26.0 Å². The third-order valence-electron chi connectivity index (χ3n) is 1.63. The largest absolute Gasteiger partial charge is 0.586 e. The van der Waals surface area contributed by atoms with Crippen LogP contribution in [0.2, 0.25) is 0 Å². The molecule has 1 aliphatic rings. The molecule has 0 bridgehead atoms. The van der Waals surface area contributed by atoms with Crippen LogP contribution >= 0.6 is 0 Å². The van der Waals surface area contributed by atoms with E-state index in [-0.39, 0.29) is 11.5 Å².